The summed E-state index contributed by atoms with van der Waals surface area (Å²) in [6.07, 6.45) is -2.59. The van der Waals surface area contributed by atoms with Crippen LogP contribution < -0.4 is 5.32 Å². The summed E-state index contributed by atoms with van der Waals surface area (Å²) < 4.78 is 50.9. The van der Waals surface area contributed by atoms with Gasteiger partial charge in [0.1, 0.15) is 5.75 Å². The van der Waals surface area contributed by atoms with Gasteiger partial charge < -0.3 is 10.4 Å². The first-order valence-electron chi connectivity index (χ1n) is 5.47. The van der Waals surface area contributed by atoms with Crippen LogP contribution in [-0.4, -0.2) is 21.0 Å². The molecule has 2 rings (SSSR count). The average molecular weight is 301 g/mol. The molecule has 0 spiro atoms. The lowest BCUT2D eigenvalue weighted by Gasteiger charge is -2.11. The number of amides is 1. The Bertz CT molecular complexity index is 688. The second kappa shape index (κ2) is 5.35. The van der Waals surface area contributed by atoms with Crippen molar-refractivity contribution >= 4 is 11.6 Å². The highest BCUT2D eigenvalue weighted by Gasteiger charge is 2.31. The summed E-state index contributed by atoms with van der Waals surface area (Å²) in [6, 6.07) is 1.95. The van der Waals surface area contributed by atoms with E-state index in [0.717, 1.165) is 18.5 Å². The molecule has 0 aliphatic carbocycles. The minimum absolute atomic E-state index is 0.514. The Labute approximate surface area is 115 Å². The summed E-state index contributed by atoms with van der Waals surface area (Å²) in [5.41, 5.74) is -2.29. The molecule has 0 aliphatic rings. The number of phenols is 1. The van der Waals surface area contributed by atoms with Gasteiger partial charge in [0.25, 0.3) is 5.91 Å². The first-order valence-corrected chi connectivity index (χ1v) is 5.47. The van der Waals surface area contributed by atoms with E-state index >= 15 is 0 Å². The van der Waals surface area contributed by atoms with Gasteiger partial charge in [-0.2, -0.15) is 17.6 Å². The van der Waals surface area contributed by atoms with Crippen molar-refractivity contribution in [2.24, 2.45) is 0 Å². The number of benzene rings is 1. The molecule has 0 aliphatic heterocycles. The number of carbonyl (C=O) groups is 1. The van der Waals surface area contributed by atoms with Gasteiger partial charge >= 0.3 is 6.18 Å². The van der Waals surface area contributed by atoms with Crippen molar-refractivity contribution in [2.75, 3.05) is 5.32 Å². The lowest BCUT2D eigenvalue weighted by Crippen LogP contribution is -2.17. The molecule has 0 radical (unpaired) electrons. The molecule has 2 N–H and O–H groups in total. The standard InChI is InChI=1S/C12H7F4N3O2/c13-10-9(17-3-4-18-10)11(21)19-7-5-6(12(14,15)16)1-2-8(7)20/h1-5,20H,(H,19,21). The Morgan fingerprint density at radius 3 is 2.48 bits per heavy atom. The van der Waals surface area contributed by atoms with Gasteiger partial charge in [-0.1, -0.05) is 0 Å². The van der Waals surface area contributed by atoms with Gasteiger partial charge in [0.15, 0.2) is 5.69 Å². The van der Waals surface area contributed by atoms with Crippen LogP contribution in [0.15, 0.2) is 30.6 Å². The van der Waals surface area contributed by atoms with E-state index in [1.54, 1.807) is 0 Å². The number of aromatic hydroxyl groups is 1. The maximum absolute atomic E-state index is 13.2. The van der Waals surface area contributed by atoms with E-state index < -0.39 is 40.7 Å². The average Bonchev–Trinajstić information content (AvgIpc) is 2.40. The summed E-state index contributed by atoms with van der Waals surface area (Å²) >= 11 is 0. The van der Waals surface area contributed by atoms with E-state index in [4.69, 9.17) is 0 Å². The van der Waals surface area contributed by atoms with E-state index in [2.05, 4.69) is 9.97 Å². The molecule has 1 heterocycles. The largest absolute Gasteiger partial charge is 0.506 e. The molecular weight excluding hydrogens is 294 g/mol. The number of rotatable bonds is 2. The summed E-state index contributed by atoms with van der Waals surface area (Å²) in [5, 5.41) is 11.4. The van der Waals surface area contributed by atoms with Crippen LogP contribution in [0, 0.1) is 5.95 Å². The van der Waals surface area contributed by atoms with E-state index in [1.807, 2.05) is 5.32 Å². The molecule has 1 amide bonds. The normalized spacial score (nSPS) is 11.2. The fraction of sp³-hybridized carbons (Fsp3) is 0.0833. The Morgan fingerprint density at radius 1 is 1.19 bits per heavy atom. The number of hydrogen-bond acceptors (Lipinski definition) is 4. The topological polar surface area (TPSA) is 75.1 Å². The van der Waals surface area contributed by atoms with Crippen LogP contribution in [0.4, 0.5) is 23.2 Å². The zero-order valence-electron chi connectivity index (χ0n) is 10.1. The van der Waals surface area contributed by atoms with Gasteiger partial charge in [-0.25, -0.2) is 9.97 Å². The molecule has 0 fully saturated rings. The smallest absolute Gasteiger partial charge is 0.416 e. The Kier molecular flexibility index (Phi) is 3.74. The van der Waals surface area contributed by atoms with Crippen molar-refractivity contribution in [1.82, 2.24) is 9.97 Å². The molecule has 21 heavy (non-hydrogen) atoms. The van der Waals surface area contributed by atoms with E-state index in [1.165, 1.54) is 0 Å². The zero-order valence-corrected chi connectivity index (χ0v) is 10.1. The first-order chi connectivity index (χ1) is 9.79. The van der Waals surface area contributed by atoms with E-state index in [0.29, 0.717) is 12.1 Å². The molecule has 0 saturated heterocycles. The van der Waals surface area contributed by atoms with Gasteiger partial charge in [-0.05, 0) is 18.2 Å². The van der Waals surface area contributed by atoms with Crippen molar-refractivity contribution in [3.8, 4) is 5.75 Å². The van der Waals surface area contributed by atoms with Crippen molar-refractivity contribution in [2.45, 2.75) is 6.18 Å². The lowest BCUT2D eigenvalue weighted by molar-refractivity contribution is -0.137. The van der Waals surface area contributed by atoms with Gasteiger partial charge in [0, 0.05) is 12.4 Å². The Balaban J connectivity index is 2.31. The van der Waals surface area contributed by atoms with Gasteiger partial charge in [0.05, 0.1) is 11.3 Å². The number of nitrogens with zero attached hydrogens (tertiary/aromatic N) is 2. The maximum atomic E-state index is 13.2. The van der Waals surface area contributed by atoms with Crippen molar-refractivity contribution < 1.29 is 27.5 Å². The number of phenolic OH excluding ortho intramolecular Hbond substituents is 1. The van der Waals surface area contributed by atoms with Crippen LogP contribution in [0.1, 0.15) is 16.1 Å². The molecule has 110 valence electrons. The third kappa shape index (κ3) is 3.25. The van der Waals surface area contributed by atoms with Gasteiger partial charge in [-0.15, -0.1) is 0 Å². The minimum atomic E-state index is -4.65. The van der Waals surface area contributed by atoms with Crippen LogP contribution in [0.25, 0.3) is 0 Å². The second-order valence-corrected chi connectivity index (χ2v) is 3.88. The van der Waals surface area contributed by atoms with E-state index in [-0.39, 0.29) is 0 Å². The predicted octanol–water partition coefficient (Wildman–Crippen LogP) is 2.59. The molecule has 0 atom stereocenters. The molecule has 5 nitrogen and oxygen atoms in total. The first kappa shape index (κ1) is 14.7. The molecule has 0 saturated carbocycles. The van der Waals surface area contributed by atoms with Crippen molar-refractivity contribution in [1.29, 1.82) is 0 Å². The fourth-order valence-electron chi connectivity index (χ4n) is 1.47. The fourth-order valence-corrected chi connectivity index (χ4v) is 1.47. The number of nitrogens with one attached hydrogen (secondary N) is 1. The number of alkyl halides is 3. The molecule has 0 unspecified atom stereocenters. The van der Waals surface area contributed by atoms with Crippen LogP contribution in [0.5, 0.6) is 5.75 Å². The van der Waals surface area contributed by atoms with Gasteiger partial charge in [0.2, 0.25) is 5.95 Å². The summed E-state index contributed by atoms with van der Waals surface area (Å²) in [6.45, 7) is 0. The number of anilines is 1. The van der Waals surface area contributed by atoms with Crippen LogP contribution in [0.3, 0.4) is 0 Å². The quantitative estimate of drug-likeness (QED) is 0.660. The van der Waals surface area contributed by atoms with Crippen LogP contribution in [0.2, 0.25) is 0 Å². The zero-order chi connectivity index (χ0) is 15.6. The predicted molar refractivity (Wildman–Crippen MR) is 63.1 cm³/mol. The monoisotopic (exact) mass is 301 g/mol. The Morgan fingerprint density at radius 2 is 1.86 bits per heavy atom. The third-order valence-electron chi connectivity index (χ3n) is 2.44. The molecule has 0 bridgehead atoms. The highest BCUT2D eigenvalue weighted by atomic mass is 19.4. The lowest BCUT2D eigenvalue weighted by atomic mass is 10.1. The van der Waals surface area contributed by atoms with E-state index in [9.17, 15) is 27.5 Å². The van der Waals surface area contributed by atoms with Crippen molar-refractivity contribution in [3.63, 3.8) is 0 Å². The second-order valence-electron chi connectivity index (χ2n) is 3.88. The number of aromatic nitrogens is 2. The van der Waals surface area contributed by atoms with Crippen LogP contribution >= 0.6 is 0 Å². The molecule has 2 aromatic rings. The van der Waals surface area contributed by atoms with Crippen LogP contribution in [-0.2, 0) is 6.18 Å². The third-order valence-corrected chi connectivity index (χ3v) is 2.44. The molecule has 1 aromatic heterocycles. The molecule has 9 heteroatoms. The summed E-state index contributed by atoms with van der Waals surface area (Å²) in [7, 11) is 0. The Hall–Kier alpha value is -2.71. The minimum Gasteiger partial charge on any atom is -0.506 e. The van der Waals surface area contributed by atoms with Crippen molar-refractivity contribution in [3.05, 3.63) is 47.8 Å². The molecular formula is C12H7F4N3O2. The number of halogens is 4. The highest BCUT2D eigenvalue weighted by Crippen LogP contribution is 2.34. The highest BCUT2D eigenvalue weighted by molar-refractivity contribution is 6.03. The van der Waals surface area contributed by atoms with Gasteiger partial charge in [-0.3, -0.25) is 4.79 Å². The summed E-state index contributed by atoms with van der Waals surface area (Å²) in [5.74, 6) is -2.91. The SMILES string of the molecule is O=C(Nc1cc(C(F)(F)F)ccc1O)c1nccnc1F. The molecule has 1 aromatic carbocycles. The summed E-state index contributed by atoms with van der Waals surface area (Å²) in [4.78, 5) is 18.3. The maximum Gasteiger partial charge on any atom is 0.416 e. The number of hydrogen-bond donors (Lipinski definition) is 2. The number of carbonyl (C=O) groups excluding carboxylic acids is 1.